The first-order valence-corrected chi connectivity index (χ1v) is 9.07. The third-order valence-corrected chi connectivity index (χ3v) is 4.18. The number of nitrogens with one attached hydrogen (secondary N) is 2. The molecule has 2 N–H and O–H groups in total. The molecule has 0 aliphatic heterocycles. The van der Waals surface area contributed by atoms with E-state index in [0.29, 0.717) is 12.6 Å². The molecule has 0 heterocycles. The highest BCUT2D eigenvalue weighted by atomic mass is 127. The van der Waals surface area contributed by atoms with E-state index >= 15 is 0 Å². The van der Waals surface area contributed by atoms with Crippen molar-refractivity contribution in [1.29, 1.82) is 0 Å². The number of aliphatic imine (C=N–C) groups is 1. The molecule has 0 bridgehead atoms. The molecule has 0 radical (unpaired) electrons. The summed E-state index contributed by atoms with van der Waals surface area (Å²) in [6, 6.07) is 8.58. The van der Waals surface area contributed by atoms with Crippen LogP contribution in [0.5, 0.6) is 5.75 Å². The van der Waals surface area contributed by atoms with Crippen molar-refractivity contribution < 1.29 is 9.47 Å². The van der Waals surface area contributed by atoms with Gasteiger partial charge < -0.3 is 20.1 Å². The van der Waals surface area contributed by atoms with Crippen LogP contribution in [0.4, 0.5) is 0 Å². The third kappa shape index (κ3) is 8.76. The van der Waals surface area contributed by atoms with Crippen LogP contribution < -0.4 is 15.4 Å². The van der Waals surface area contributed by atoms with Gasteiger partial charge in [0.05, 0.1) is 13.7 Å². The van der Waals surface area contributed by atoms with Crippen molar-refractivity contribution >= 4 is 29.9 Å². The molecule has 1 aliphatic carbocycles. The molecule has 0 saturated heterocycles. The van der Waals surface area contributed by atoms with Gasteiger partial charge in [0.15, 0.2) is 5.96 Å². The molecule has 142 valence electrons. The van der Waals surface area contributed by atoms with Crippen LogP contribution in [0.15, 0.2) is 29.3 Å². The van der Waals surface area contributed by atoms with Crippen LogP contribution >= 0.6 is 24.0 Å². The van der Waals surface area contributed by atoms with Crippen molar-refractivity contribution in [1.82, 2.24) is 10.6 Å². The lowest BCUT2D eigenvalue weighted by molar-refractivity contribution is 0.120. The van der Waals surface area contributed by atoms with E-state index in [1.165, 1.54) is 25.7 Å². The maximum Gasteiger partial charge on any atom is 0.191 e. The van der Waals surface area contributed by atoms with Crippen molar-refractivity contribution in [2.24, 2.45) is 4.99 Å². The lowest BCUT2D eigenvalue weighted by Gasteiger charge is -2.16. The van der Waals surface area contributed by atoms with Crippen molar-refractivity contribution in [3.05, 3.63) is 29.8 Å². The minimum atomic E-state index is 0. The summed E-state index contributed by atoms with van der Waals surface area (Å²) in [6.45, 7) is 5.13. The zero-order valence-electron chi connectivity index (χ0n) is 15.4. The van der Waals surface area contributed by atoms with Crippen LogP contribution in [-0.4, -0.2) is 38.8 Å². The highest BCUT2D eigenvalue weighted by molar-refractivity contribution is 14.0. The fourth-order valence-electron chi connectivity index (χ4n) is 2.85. The lowest BCUT2D eigenvalue weighted by Crippen LogP contribution is -2.42. The Morgan fingerprint density at radius 1 is 1.20 bits per heavy atom. The Morgan fingerprint density at radius 3 is 2.56 bits per heavy atom. The van der Waals surface area contributed by atoms with E-state index in [1.807, 2.05) is 24.3 Å². The van der Waals surface area contributed by atoms with Crippen LogP contribution in [-0.2, 0) is 11.3 Å². The van der Waals surface area contributed by atoms with Gasteiger partial charge in [-0.1, -0.05) is 25.0 Å². The quantitative estimate of drug-likeness (QED) is 0.255. The number of benzene rings is 1. The fourth-order valence-corrected chi connectivity index (χ4v) is 2.85. The van der Waals surface area contributed by atoms with Gasteiger partial charge in [0.2, 0.25) is 0 Å². The number of guanidine groups is 1. The second-order valence-electron chi connectivity index (χ2n) is 6.14. The summed E-state index contributed by atoms with van der Waals surface area (Å²) >= 11 is 0. The number of halogens is 1. The van der Waals surface area contributed by atoms with Gasteiger partial charge >= 0.3 is 0 Å². The maximum atomic E-state index is 5.72. The molecule has 1 aromatic carbocycles. The van der Waals surface area contributed by atoms with Gasteiger partial charge in [0.25, 0.3) is 0 Å². The molecule has 0 amide bonds. The number of hydrogen-bond donors (Lipinski definition) is 2. The molecule has 1 aromatic rings. The molecule has 0 atom stereocenters. The van der Waals surface area contributed by atoms with E-state index < -0.39 is 0 Å². The first-order chi connectivity index (χ1) is 11.8. The summed E-state index contributed by atoms with van der Waals surface area (Å²) in [7, 11) is 1.68. The number of nitrogens with zero attached hydrogens (tertiary/aromatic N) is 1. The van der Waals surface area contributed by atoms with E-state index in [2.05, 4.69) is 22.5 Å². The third-order valence-electron chi connectivity index (χ3n) is 4.18. The minimum absolute atomic E-state index is 0. The Morgan fingerprint density at radius 2 is 1.92 bits per heavy atom. The molecule has 5 nitrogen and oxygen atoms in total. The molecular weight excluding hydrogens is 429 g/mol. The van der Waals surface area contributed by atoms with Crippen molar-refractivity contribution in [3.63, 3.8) is 0 Å². The Kier molecular flexibility index (Phi) is 11.6. The van der Waals surface area contributed by atoms with Crippen molar-refractivity contribution in [2.75, 3.05) is 26.8 Å². The molecule has 2 rings (SSSR count). The summed E-state index contributed by atoms with van der Waals surface area (Å²) < 4.78 is 10.9. The molecule has 1 saturated carbocycles. The largest absolute Gasteiger partial charge is 0.497 e. The average molecular weight is 461 g/mol. The van der Waals surface area contributed by atoms with Crippen molar-refractivity contribution in [3.8, 4) is 5.75 Å². The fraction of sp³-hybridized carbons (Fsp3) is 0.632. The second kappa shape index (κ2) is 13.2. The molecular formula is C19H32IN3O2. The number of rotatable bonds is 9. The number of ether oxygens (including phenoxy) is 2. The van der Waals surface area contributed by atoms with Gasteiger partial charge in [-0.3, -0.25) is 4.99 Å². The van der Waals surface area contributed by atoms with Crippen LogP contribution in [0.1, 0.15) is 44.6 Å². The van der Waals surface area contributed by atoms with Crippen LogP contribution in [0.2, 0.25) is 0 Å². The SMILES string of the molecule is CCNC(=NCCCOCc1ccc(OC)cc1)NC1CCCC1.I. The van der Waals surface area contributed by atoms with E-state index in [1.54, 1.807) is 7.11 Å². The summed E-state index contributed by atoms with van der Waals surface area (Å²) in [5.41, 5.74) is 1.16. The Hall–Kier alpha value is -1.02. The topological polar surface area (TPSA) is 54.9 Å². The average Bonchev–Trinajstić information content (AvgIpc) is 3.11. The molecule has 1 fully saturated rings. The van der Waals surface area contributed by atoms with Gasteiger partial charge in [0, 0.05) is 25.7 Å². The van der Waals surface area contributed by atoms with Gasteiger partial charge in [-0.2, -0.15) is 0 Å². The highest BCUT2D eigenvalue weighted by Crippen LogP contribution is 2.17. The monoisotopic (exact) mass is 461 g/mol. The molecule has 0 unspecified atom stereocenters. The molecule has 25 heavy (non-hydrogen) atoms. The van der Waals surface area contributed by atoms with Gasteiger partial charge in [-0.25, -0.2) is 0 Å². The van der Waals surface area contributed by atoms with E-state index in [9.17, 15) is 0 Å². The first kappa shape index (κ1) is 22.0. The predicted octanol–water partition coefficient (Wildman–Crippen LogP) is 3.72. The van der Waals surface area contributed by atoms with Crippen LogP contribution in [0.25, 0.3) is 0 Å². The molecule has 0 spiro atoms. The summed E-state index contributed by atoms with van der Waals surface area (Å²) in [5.74, 6) is 1.82. The smallest absolute Gasteiger partial charge is 0.191 e. The summed E-state index contributed by atoms with van der Waals surface area (Å²) in [5, 5.41) is 6.85. The Labute approximate surface area is 169 Å². The van der Waals surface area contributed by atoms with Gasteiger partial charge in [0.1, 0.15) is 5.75 Å². The molecule has 0 aromatic heterocycles. The highest BCUT2D eigenvalue weighted by Gasteiger charge is 2.15. The molecule has 6 heteroatoms. The first-order valence-electron chi connectivity index (χ1n) is 9.07. The zero-order valence-corrected chi connectivity index (χ0v) is 17.8. The van der Waals surface area contributed by atoms with Crippen LogP contribution in [0.3, 0.4) is 0 Å². The maximum absolute atomic E-state index is 5.72. The number of methoxy groups -OCH3 is 1. The minimum Gasteiger partial charge on any atom is -0.497 e. The van der Waals surface area contributed by atoms with Crippen molar-refractivity contribution in [2.45, 2.75) is 51.7 Å². The standard InChI is InChI=1S/C19H31N3O2.HI/c1-3-20-19(22-17-7-4-5-8-17)21-13-6-14-24-15-16-9-11-18(23-2)12-10-16;/h9-12,17H,3-8,13-15H2,1-2H3,(H2,20,21,22);1H. The van der Waals surface area contributed by atoms with Gasteiger partial charge in [-0.15, -0.1) is 24.0 Å². The summed E-state index contributed by atoms with van der Waals surface area (Å²) in [6.07, 6.45) is 6.11. The predicted molar refractivity (Wildman–Crippen MR) is 114 cm³/mol. The zero-order chi connectivity index (χ0) is 17.0. The van der Waals surface area contributed by atoms with Crippen LogP contribution in [0, 0.1) is 0 Å². The molecule has 1 aliphatic rings. The Bertz CT molecular complexity index is 488. The number of hydrogen-bond acceptors (Lipinski definition) is 3. The van der Waals surface area contributed by atoms with Gasteiger partial charge in [-0.05, 0) is 43.9 Å². The second-order valence-corrected chi connectivity index (χ2v) is 6.14. The van der Waals surface area contributed by atoms with E-state index in [0.717, 1.165) is 43.4 Å². The normalized spacial score (nSPS) is 14.9. The lowest BCUT2D eigenvalue weighted by atomic mass is 10.2. The summed E-state index contributed by atoms with van der Waals surface area (Å²) in [4.78, 5) is 4.64. The van der Waals surface area contributed by atoms with E-state index in [4.69, 9.17) is 9.47 Å². The Balaban J connectivity index is 0.00000312. The van der Waals surface area contributed by atoms with E-state index in [-0.39, 0.29) is 24.0 Å².